The quantitative estimate of drug-likeness (QED) is 0.507. The predicted molar refractivity (Wildman–Crippen MR) is 74.7 cm³/mol. The lowest BCUT2D eigenvalue weighted by Crippen LogP contribution is -2.36. The first kappa shape index (κ1) is 13.7. The van der Waals surface area contributed by atoms with Crippen molar-refractivity contribution in [3.05, 3.63) is 34.1 Å². The fourth-order valence-corrected chi connectivity index (χ4v) is 2.45. The number of halogens is 1. The monoisotopic (exact) mass is 283 g/mol. The number of hydrogen-bond donors (Lipinski definition) is 2. The zero-order chi connectivity index (χ0) is 13.8. The van der Waals surface area contributed by atoms with Crippen molar-refractivity contribution in [2.75, 3.05) is 5.32 Å². The molecule has 2 N–H and O–H groups in total. The molecule has 1 aromatic rings. The van der Waals surface area contributed by atoms with Gasteiger partial charge in [0.05, 0.1) is 11.0 Å². The molecule has 0 atom stereocenters. The molecular formula is C12H14FN3O2S. The van der Waals surface area contributed by atoms with E-state index < -0.39 is 10.7 Å². The van der Waals surface area contributed by atoms with E-state index in [4.69, 9.17) is 12.2 Å². The van der Waals surface area contributed by atoms with E-state index in [2.05, 4.69) is 10.6 Å². The fraction of sp³-hybridized carbons (Fsp3) is 0.417. The van der Waals surface area contributed by atoms with Gasteiger partial charge in [-0.3, -0.25) is 10.1 Å². The molecule has 0 aliphatic heterocycles. The number of nitro benzene ring substituents is 1. The number of benzene rings is 1. The highest BCUT2D eigenvalue weighted by Crippen LogP contribution is 2.25. The van der Waals surface area contributed by atoms with Gasteiger partial charge in [-0.1, -0.05) is 12.8 Å². The molecule has 5 nitrogen and oxygen atoms in total. The van der Waals surface area contributed by atoms with E-state index in [1.54, 1.807) is 0 Å². The van der Waals surface area contributed by atoms with E-state index in [0.29, 0.717) is 11.2 Å². The Morgan fingerprint density at radius 1 is 1.42 bits per heavy atom. The Bertz CT molecular complexity index is 504. The smallest absolute Gasteiger partial charge is 0.295 e. The Hall–Kier alpha value is -1.76. The van der Waals surface area contributed by atoms with Crippen LogP contribution in [0.5, 0.6) is 0 Å². The minimum atomic E-state index is -0.646. The number of nitrogens with zero attached hydrogens (tertiary/aromatic N) is 1. The largest absolute Gasteiger partial charge is 0.360 e. The lowest BCUT2D eigenvalue weighted by atomic mass is 10.2. The van der Waals surface area contributed by atoms with E-state index in [1.165, 1.54) is 6.07 Å². The predicted octanol–water partition coefficient (Wildman–Crippen LogP) is 2.96. The van der Waals surface area contributed by atoms with E-state index in [1.807, 2.05) is 0 Å². The standard InChI is InChI=1S/C12H14FN3O2S/c13-8-5-6-10(11(7-8)16(17)18)15-12(19)14-9-3-1-2-4-9/h5-7,9H,1-4H2,(H2,14,15,19). The van der Waals surface area contributed by atoms with Gasteiger partial charge < -0.3 is 10.6 Å². The molecule has 0 bridgehead atoms. The van der Waals surface area contributed by atoms with Gasteiger partial charge in [-0.05, 0) is 37.2 Å². The molecule has 1 fully saturated rings. The van der Waals surface area contributed by atoms with Gasteiger partial charge >= 0.3 is 0 Å². The van der Waals surface area contributed by atoms with Crippen LogP contribution in [0.25, 0.3) is 0 Å². The second-order valence-corrected chi connectivity index (χ2v) is 4.91. The number of nitrogens with one attached hydrogen (secondary N) is 2. The third-order valence-electron chi connectivity index (χ3n) is 3.10. The molecule has 1 aliphatic rings. The number of nitro groups is 1. The van der Waals surface area contributed by atoms with Crippen LogP contribution in [0.15, 0.2) is 18.2 Å². The summed E-state index contributed by atoms with van der Waals surface area (Å²) in [6.07, 6.45) is 4.43. The number of anilines is 1. The summed E-state index contributed by atoms with van der Waals surface area (Å²) in [4.78, 5) is 10.2. The van der Waals surface area contributed by atoms with Crippen LogP contribution in [-0.4, -0.2) is 16.1 Å². The first-order valence-corrected chi connectivity index (χ1v) is 6.48. The van der Waals surface area contributed by atoms with Crippen molar-refractivity contribution in [1.82, 2.24) is 5.32 Å². The number of rotatable bonds is 3. The van der Waals surface area contributed by atoms with Crippen LogP contribution >= 0.6 is 12.2 Å². The van der Waals surface area contributed by atoms with Crippen LogP contribution in [0.1, 0.15) is 25.7 Å². The van der Waals surface area contributed by atoms with Crippen LogP contribution in [-0.2, 0) is 0 Å². The molecule has 1 aromatic carbocycles. The first-order valence-electron chi connectivity index (χ1n) is 6.08. The summed E-state index contributed by atoms with van der Waals surface area (Å²) in [5.41, 5.74) is -0.127. The third kappa shape index (κ3) is 3.60. The van der Waals surface area contributed by atoms with Gasteiger partial charge in [0.2, 0.25) is 0 Å². The molecule has 19 heavy (non-hydrogen) atoms. The van der Waals surface area contributed by atoms with Gasteiger partial charge in [0.15, 0.2) is 5.11 Å². The second kappa shape index (κ2) is 5.92. The van der Waals surface area contributed by atoms with Gasteiger partial charge in [0.25, 0.3) is 5.69 Å². The maximum atomic E-state index is 13.0. The zero-order valence-electron chi connectivity index (χ0n) is 10.2. The van der Waals surface area contributed by atoms with Crippen molar-refractivity contribution in [1.29, 1.82) is 0 Å². The number of thiocarbonyl (C=S) groups is 1. The van der Waals surface area contributed by atoms with E-state index in [0.717, 1.165) is 37.8 Å². The Labute approximate surface area is 115 Å². The zero-order valence-corrected chi connectivity index (χ0v) is 11.0. The van der Waals surface area contributed by atoms with Gasteiger partial charge in [-0.15, -0.1) is 0 Å². The number of hydrogen-bond acceptors (Lipinski definition) is 3. The third-order valence-corrected chi connectivity index (χ3v) is 3.31. The van der Waals surface area contributed by atoms with Gasteiger partial charge in [0.1, 0.15) is 11.5 Å². The van der Waals surface area contributed by atoms with Gasteiger partial charge in [0, 0.05) is 6.04 Å². The summed E-state index contributed by atoms with van der Waals surface area (Å²) in [6.45, 7) is 0. The average Bonchev–Trinajstić information content (AvgIpc) is 2.83. The lowest BCUT2D eigenvalue weighted by Gasteiger charge is -2.15. The first-order chi connectivity index (χ1) is 9.06. The highest BCUT2D eigenvalue weighted by Gasteiger charge is 2.18. The maximum absolute atomic E-state index is 13.0. The summed E-state index contributed by atoms with van der Waals surface area (Å²) in [5.74, 6) is -0.646. The van der Waals surface area contributed by atoms with Crippen LogP contribution in [0.2, 0.25) is 0 Å². The van der Waals surface area contributed by atoms with Crippen molar-refractivity contribution in [3.8, 4) is 0 Å². The van der Waals surface area contributed by atoms with Crippen LogP contribution in [0, 0.1) is 15.9 Å². The molecule has 102 valence electrons. The summed E-state index contributed by atoms with van der Waals surface area (Å²) >= 11 is 5.11. The summed E-state index contributed by atoms with van der Waals surface area (Å²) < 4.78 is 13.0. The molecular weight excluding hydrogens is 269 g/mol. The summed E-state index contributed by atoms with van der Waals surface area (Å²) in [7, 11) is 0. The van der Waals surface area contributed by atoms with Gasteiger partial charge in [-0.25, -0.2) is 4.39 Å². The molecule has 2 rings (SSSR count). The van der Waals surface area contributed by atoms with E-state index in [9.17, 15) is 14.5 Å². The van der Waals surface area contributed by atoms with Crippen molar-refractivity contribution in [3.63, 3.8) is 0 Å². The molecule has 1 saturated carbocycles. The Kier molecular flexibility index (Phi) is 4.26. The van der Waals surface area contributed by atoms with Crippen LogP contribution < -0.4 is 10.6 Å². The molecule has 0 heterocycles. The molecule has 7 heteroatoms. The molecule has 0 aromatic heterocycles. The average molecular weight is 283 g/mol. The highest BCUT2D eigenvalue weighted by atomic mass is 32.1. The van der Waals surface area contributed by atoms with Crippen LogP contribution in [0.3, 0.4) is 0 Å². The molecule has 0 unspecified atom stereocenters. The van der Waals surface area contributed by atoms with Gasteiger partial charge in [-0.2, -0.15) is 0 Å². The minimum Gasteiger partial charge on any atom is -0.360 e. The van der Waals surface area contributed by atoms with Crippen molar-refractivity contribution in [2.45, 2.75) is 31.7 Å². The Balaban J connectivity index is 2.05. The topological polar surface area (TPSA) is 67.2 Å². The molecule has 0 spiro atoms. The van der Waals surface area contributed by atoms with Crippen LogP contribution in [0.4, 0.5) is 15.8 Å². The normalized spacial score (nSPS) is 15.2. The fourth-order valence-electron chi connectivity index (χ4n) is 2.18. The minimum absolute atomic E-state index is 0.196. The van der Waals surface area contributed by atoms with E-state index >= 15 is 0 Å². The highest BCUT2D eigenvalue weighted by molar-refractivity contribution is 7.80. The lowest BCUT2D eigenvalue weighted by molar-refractivity contribution is -0.384. The van der Waals surface area contributed by atoms with Crippen molar-refractivity contribution in [2.24, 2.45) is 0 Å². The Morgan fingerprint density at radius 2 is 2.11 bits per heavy atom. The SMILES string of the molecule is O=[N+]([O-])c1cc(F)ccc1NC(=S)NC1CCCC1. The summed E-state index contributed by atoms with van der Waals surface area (Å²) in [5, 5.41) is 17.0. The maximum Gasteiger partial charge on any atom is 0.295 e. The molecule has 0 saturated heterocycles. The van der Waals surface area contributed by atoms with Crippen molar-refractivity contribution >= 4 is 28.7 Å². The Morgan fingerprint density at radius 3 is 2.74 bits per heavy atom. The van der Waals surface area contributed by atoms with Crippen molar-refractivity contribution < 1.29 is 9.31 Å². The molecule has 0 radical (unpaired) electrons. The molecule has 0 amide bonds. The van der Waals surface area contributed by atoms with E-state index in [-0.39, 0.29) is 11.4 Å². The summed E-state index contributed by atoms with van der Waals surface area (Å²) in [6, 6.07) is 3.67. The molecule has 1 aliphatic carbocycles. The second-order valence-electron chi connectivity index (χ2n) is 4.50.